The normalized spacial score (nSPS) is 13.0. The minimum atomic E-state index is -0.299. The van der Waals surface area contributed by atoms with Crippen molar-refractivity contribution in [2.24, 2.45) is 0 Å². The summed E-state index contributed by atoms with van der Waals surface area (Å²) in [6.07, 6.45) is 1.94. The van der Waals surface area contributed by atoms with E-state index < -0.39 is 0 Å². The predicted molar refractivity (Wildman–Crippen MR) is 358 cm³/mol. The number of benzene rings is 9. The number of ether oxygens (including phenoxy) is 1. The Morgan fingerprint density at radius 2 is 1.03 bits per heavy atom. The van der Waals surface area contributed by atoms with Crippen molar-refractivity contribution < 1.29 is 25.8 Å². The van der Waals surface area contributed by atoms with Crippen molar-refractivity contribution in [3.05, 3.63) is 270 Å². The first-order valence-corrected chi connectivity index (χ1v) is 30.3. The van der Waals surface area contributed by atoms with E-state index in [4.69, 9.17) is 9.72 Å². The van der Waals surface area contributed by atoms with E-state index in [0.29, 0.717) is 11.5 Å². The molecule has 3 heterocycles. The standard InChI is InChI=1S/C80H79N4O.Pt/c1-52(2)67-31-24-32-68(53(3)4)76(67)56-43-64(82-51-83(74-46-59(77(5,6)7)34-38-71(74)82)63-42-55(54-25-18-15-19-26-54)41-62(45-63)80(13,14)58-29-22-17-23-30-58)49-66(44-56)85-65-35-37-70-69-36-33-61(79(11,12)57-27-20-16-21-28-57)47-72(69)84(73(70)50-65)75-48-60(39-40-81-75)78(8,9)10;/h15-48,51-53H,1-14H3;/q-3;. The third-order valence-electron chi connectivity index (χ3n) is 17.8. The molecular formula is C80H79N4OPt-3. The van der Waals surface area contributed by atoms with Crippen molar-refractivity contribution in [3.8, 4) is 39.6 Å². The summed E-state index contributed by atoms with van der Waals surface area (Å²) in [6, 6.07) is 81.1. The smallest absolute Gasteiger partial charge is 0.135 e. The quantitative estimate of drug-likeness (QED) is 0.108. The Morgan fingerprint density at radius 1 is 0.442 bits per heavy atom. The van der Waals surface area contributed by atoms with Crippen LogP contribution in [0, 0.1) is 18.8 Å². The number of nitrogens with zero attached hydrogens (tertiary/aromatic N) is 4. The fourth-order valence-corrected chi connectivity index (χ4v) is 12.5. The molecule has 0 aliphatic carbocycles. The van der Waals surface area contributed by atoms with Crippen molar-refractivity contribution in [2.75, 3.05) is 9.80 Å². The number of aromatic nitrogens is 2. The average Bonchev–Trinajstić information content (AvgIpc) is 1.64. The number of hydrogen-bond donors (Lipinski definition) is 0. The van der Waals surface area contributed by atoms with Crippen molar-refractivity contribution in [3.63, 3.8) is 0 Å². The van der Waals surface area contributed by atoms with Crippen molar-refractivity contribution in [1.29, 1.82) is 0 Å². The summed E-state index contributed by atoms with van der Waals surface area (Å²) in [6.45, 7) is 34.4. The van der Waals surface area contributed by atoms with Crippen molar-refractivity contribution in [2.45, 2.75) is 130 Å². The van der Waals surface area contributed by atoms with Gasteiger partial charge >= 0.3 is 0 Å². The monoisotopic (exact) mass is 1310 g/mol. The van der Waals surface area contributed by atoms with Gasteiger partial charge in [-0.25, -0.2) is 4.98 Å². The molecule has 0 atom stereocenters. The fourth-order valence-electron chi connectivity index (χ4n) is 12.5. The van der Waals surface area contributed by atoms with Crippen LogP contribution >= 0.6 is 0 Å². The molecule has 0 unspecified atom stereocenters. The molecule has 12 rings (SSSR count). The zero-order chi connectivity index (χ0) is 59.7. The van der Waals surface area contributed by atoms with Gasteiger partial charge < -0.3 is 19.1 Å². The molecule has 0 bridgehead atoms. The summed E-state index contributed by atoms with van der Waals surface area (Å²) in [4.78, 5) is 9.81. The summed E-state index contributed by atoms with van der Waals surface area (Å²) in [5, 5.41) is 2.20. The van der Waals surface area contributed by atoms with Crippen molar-refractivity contribution in [1.82, 2.24) is 9.55 Å². The number of anilines is 4. The number of fused-ring (bicyclic) bond motifs is 4. The summed E-state index contributed by atoms with van der Waals surface area (Å²) < 4.78 is 9.56. The van der Waals surface area contributed by atoms with Gasteiger partial charge in [0.25, 0.3) is 0 Å². The zero-order valence-electron chi connectivity index (χ0n) is 52.4. The van der Waals surface area contributed by atoms with E-state index in [1.165, 1.54) is 55.6 Å². The second-order valence-corrected chi connectivity index (χ2v) is 27.1. The van der Waals surface area contributed by atoms with Gasteiger partial charge in [0, 0.05) is 72.2 Å². The van der Waals surface area contributed by atoms with Crippen LogP contribution in [0.3, 0.4) is 0 Å². The summed E-state index contributed by atoms with van der Waals surface area (Å²) in [5.41, 5.74) is 19.9. The summed E-state index contributed by atoms with van der Waals surface area (Å²) >= 11 is 0. The Bertz CT molecular complexity index is 4250. The van der Waals surface area contributed by atoms with Crippen LogP contribution in [-0.2, 0) is 42.7 Å². The molecule has 1 aliphatic heterocycles. The molecule has 0 fully saturated rings. The Kier molecular flexibility index (Phi) is 16.0. The number of hydrogen-bond acceptors (Lipinski definition) is 4. The zero-order valence-corrected chi connectivity index (χ0v) is 54.6. The van der Waals surface area contributed by atoms with Gasteiger partial charge in [-0.2, -0.15) is 6.07 Å². The number of rotatable bonds is 13. The molecule has 0 radical (unpaired) electrons. The maximum Gasteiger partial charge on any atom is 0.135 e. The second kappa shape index (κ2) is 23.0. The van der Waals surface area contributed by atoms with E-state index in [0.717, 1.165) is 61.5 Å². The van der Waals surface area contributed by atoms with Crippen molar-refractivity contribution >= 4 is 44.6 Å². The van der Waals surface area contributed by atoms with Crippen LogP contribution < -0.4 is 14.5 Å². The molecule has 438 valence electrons. The predicted octanol–water partition coefficient (Wildman–Crippen LogP) is 21.8. The molecule has 0 N–H and O–H groups in total. The fraction of sp³-hybridized carbons (Fsp3) is 0.250. The Labute approximate surface area is 526 Å². The van der Waals surface area contributed by atoms with E-state index in [1.807, 2.05) is 6.20 Å². The van der Waals surface area contributed by atoms with Gasteiger partial charge in [-0.1, -0.05) is 236 Å². The molecule has 6 heteroatoms. The van der Waals surface area contributed by atoms with E-state index >= 15 is 0 Å². The molecule has 2 aromatic heterocycles. The minimum absolute atomic E-state index is 0. The van der Waals surface area contributed by atoms with Crippen LogP contribution in [0.25, 0.3) is 49.9 Å². The molecule has 9 aromatic carbocycles. The summed E-state index contributed by atoms with van der Waals surface area (Å²) in [7, 11) is 0. The van der Waals surface area contributed by atoms with Gasteiger partial charge in [0.05, 0.1) is 0 Å². The van der Waals surface area contributed by atoms with E-state index in [9.17, 15) is 0 Å². The van der Waals surface area contributed by atoms with Gasteiger partial charge in [-0.05, 0) is 132 Å². The maximum absolute atomic E-state index is 7.27. The van der Waals surface area contributed by atoms with Gasteiger partial charge in [0.1, 0.15) is 5.82 Å². The molecule has 11 aromatic rings. The molecule has 0 amide bonds. The first-order chi connectivity index (χ1) is 40.5. The molecular weight excluding hydrogens is 1230 g/mol. The van der Waals surface area contributed by atoms with E-state index in [2.05, 4.69) is 330 Å². The van der Waals surface area contributed by atoms with Crippen LogP contribution in [0.5, 0.6) is 11.5 Å². The third kappa shape index (κ3) is 11.2. The van der Waals surface area contributed by atoms with E-state index in [1.54, 1.807) is 0 Å². The molecule has 0 saturated carbocycles. The first kappa shape index (κ1) is 59.7. The Balaban J connectivity index is 0.00000768. The molecule has 0 saturated heterocycles. The van der Waals surface area contributed by atoms with Gasteiger partial charge in [-0.3, -0.25) is 0 Å². The van der Waals surface area contributed by atoms with Gasteiger partial charge in [0.2, 0.25) is 0 Å². The first-order valence-electron chi connectivity index (χ1n) is 30.3. The van der Waals surface area contributed by atoms with E-state index in [-0.39, 0.29) is 54.6 Å². The van der Waals surface area contributed by atoms with Crippen LogP contribution in [0.15, 0.2) is 206 Å². The van der Waals surface area contributed by atoms with Crippen LogP contribution in [-0.4, -0.2) is 9.55 Å². The van der Waals surface area contributed by atoms with Gasteiger partial charge in [0.15, 0.2) is 0 Å². The second-order valence-electron chi connectivity index (χ2n) is 27.1. The molecule has 5 nitrogen and oxygen atoms in total. The van der Waals surface area contributed by atoms with Gasteiger partial charge in [-0.15, -0.1) is 53.6 Å². The molecule has 86 heavy (non-hydrogen) atoms. The maximum atomic E-state index is 7.27. The van der Waals surface area contributed by atoms with Crippen LogP contribution in [0.4, 0.5) is 22.7 Å². The topological polar surface area (TPSA) is 33.5 Å². The SMILES string of the molecule is CC(C)c1cccc(C(C)C)c1-c1cc(Oc2[c-]c3c(cc2)c2ccc(C(C)(C)c4ccccc4)cc2n3-c2cc(C(C)(C)C)ccn2)[c-]c(N2[CH-]N(c3cc(-c4ccccc4)cc(C(C)(C)c4ccccc4)c3)c3cc(C(C)(C)C)ccc32)c1.[Pt]. The average molecular weight is 1310 g/mol. The summed E-state index contributed by atoms with van der Waals surface area (Å²) in [5.74, 6) is 2.55. The van der Waals surface area contributed by atoms with Crippen LogP contribution in [0.1, 0.15) is 153 Å². The van der Waals surface area contributed by atoms with Crippen LogP contribution in [0.2, 0.25) is 0 Å². The molecule has 0 spiro atoms. The Hall–Kier alpha value is -7.98. The Morgan fingerprint density at radius 3 is 1.66 bits per heavy atom. The molecule has 1 aliphatic rings. The number of pyridine rings is 1. The third-order valence-corrected chi connectivity index (χ3v) is 17.8. The minimum Gasteiger partial charge on any atom is -0.509 e. The largest absolute Gasteiger partial charge is 0.509 e.